The number of rotatable bonds is 6. The second-order valence-corrected chi connectivity index (χ2v) is 7.48. The van der Waals surface area contributed by atoms with Crippen molar-refractivity contribution in [2.75, 3.05) is 0 Å². The Hall–Kier alpha value is -1.28. The van der Waals surface area contributed by atoms with Gasteiger partial charge in [-0.2, -0.15) is 0 Å². The first-order chi connectivity index (χ1) is 11.7. The summed E-state index contributed by atoms with van der Waals surface area (Å²) in [7, 11) is 0. The van der Waals surface area contributed by atoms with Gasteiger partial charge < -0.3 is 9.47 Å². The van der Waals surface area contributed by atoms with Crippen molar-refractivity contribution in [3.05, 3.63) is 91.1 Å². The first kappa shape index (κ1) is 17.5. The fourth-order valence-electron chi connectivity index (χ4n) is 2.22. The van der Waals surface area contributed by atoms with Crippen LogP contribution in [-0.4, -0.2) is 0 Å². The molecule has 122 valence electrons. The van der Waals surface area contributed by atoms with Gasteiger partial charge in [-0.25, -0.2) is 0 Å². The van der Waals surface area contributed by atoms with E-state index in [1.165, 1.54) is 0 Å². The third-order valence-electron chi connectivity index (χ3n) is 3.48. The lowest BCUT2D eigenvalue weighted by Gasteiger charge is -2.14. The van der Waals surface area contributed by atoms with Gasteiger partial charge in [0.05, 0.1) is 7.14 Å². The van der Waals surface area contributed by atoms with E-state index < -0.39 is 0 Å². The third kappa shape index (κ3) is 4.63. The lowest BCUT2D eigenvalue weighted by Crippen LogP contribution is -2.02. The maximum Gasteiger partial charge on any atom is 0.150 e. The Morgan fingerprint density at radius 2 is 1.17 bits per heavy atom. The van der Waals surface area contributed by atoms with E-state index in [4.69, 9.17) is 9.47 Å². The van der Waals surface area contributed by atoms with Crippen molar-refractivity contribution >= 4 is 45.2 Å². The summed E-state index contributed by atoms with van der Waals surface area (Å²) in [5, 5.41) is 0. The predicted molar refractivity (Wildman–Crippen MR) is 113 cm³/mol. The van der Waals surface area contributed by atoms with Crippen LogP contribution in [0.4, 0.5) is 0 Å². The average molecular weight is 542 g/mol. The van der Waals surface area contributed by atoms with Crippen LogP contribution in [-0.2, 0) is 13.2 Å². The lowest BCUT2D eigenvalue weighted by atomic mass is 10.2. The van der Waals surface area contributed by atoms with Gasteiger partial charge in [-0.05, 0) is 68.4 Å². The molecule has 3 rings (SSSR count). The normalized spacial score (nSPS) is 10.4. The third-order valence-corrected chi connectivity index (χ3v) is 5.35. The zero-order valence-electron chi connectivity index (χ0n) is 12.9. The number of hydrogen-bond acceptors (Lipinski definition) is 2. The fourth-order valence-corrected chi connectivity index (χ4v) is 4.13. The molecule has 0 aromatic heterocycles. The molecule has 0 saturated carbocycles. The molecule has 2 nitrogen and oxygen atoms in total. The summed E-state index contributed by atoms with van der Waals surface area (Å²) >= 11 is 4.60. The van der Waals surface area contributed by atoms with E-state index in [2.05, 4.69) is 69.4 Å². The van der Waals surface area contributed by atoms with Gasteiger partial charge in [-0.3, -0.25) is 0 Å². The van der Waals surface area contributed by atoms with Crippen molar-refractivity contribution in [1.29, 1.82) is 0 Å². The summed E-state index contributed by atoms with van der Waals surface area (Å²) in [4.78, 5) is 0. The fraction of sp³-hybridized carbons (Fsp3) is 0.100. The van der Waals surface area contributed by atoms with Crippen LogP contribution in [0, 0.1) is 7.14 Å². The van der Waals surface area contributed by atoms with Crippen molar-refractivity contribution in [2.24, 2.45) is 0 Å². The molecule has 4 heteroatoms. The number of halogens is 2. The van der Waals surface area contributed by atoms with Crippen LogP contribution in [0.2, 0.25) is 0 Å². The van der Waals surface area contributed by atoms with E-state index in [9.17, 15) is 0 Å². The Bertz CT molecular complexity index is 789. The molecule has 0 bridgehead atoms. The molecular formula is C20H16I2O2. The van der Waals surface area contributed by atoms with E-state index in [1.54, 1.807) is 0 Å². The maximum atomic E-state index is 6.05. The van der Waals surface area contributed by atoms with Crippen LogP contribution in [0.5, 0.6) is 11.5 Å². The molecule has 0 aliphatic carbocycles. The highest BCUT2D eigenvalue weighted by Gasteiger charge is 2.13. The van der Waals surface area contributed by atoms with Crippen molar-refractivity contribution < 1.29 is 9.47 Å². The van der Waals surface area contributed by atoms with E-state index in [1.807, 2.05) is 48.5 Å². The van der Waals surface area contributed by atoms with Gasteiger partial charge in [-0.1, -0.05) is 60.7 Å². The van der Waals surface area contributed by atoms with Crippen LogP contribution in [0.1, 0.15) is 11.1 Å². The topological polar surface area (TPSA) is 18.5 Å². The standard InChI is InChI=1S/C20H16I2O2/c21-17-11-12-18(23-13-15-7-3-1-4-8-15)19(22)20(17)24-14-16-9-5-2-6-10-16/h1-12H,13-14H2. The van der Waals surface area contributed by atoms with Gasteiger partial charge in [0.25, 0.3) is 0 Å². The van der Waals surface area contributed by atoms with Gasteiger partial charge >= 0.3 is 0 Å². The molecule has 0 N–H and O–H groups in total. The maximum absolute atomic E-state index is 6.05. The summed E-state index contributed by atoms with van der Waals surface area (Å²) < 4.78 is 14.1. The van der Waals surface area contributed by atoms with Gasteiger partial charge in [0.15, 0.2) is 0 Å². The molecule has 0 saturated heterocycles. The summed E-state index contributed by atoms with van der Waals surface area (Å²) in [6, 6.07) is 24.4. The molecular weight excluding hydrogens is 526 g/mol. The molecule has 0 fully saturated rings. The summed E-state index contributed by atoms with van der Waals surface area (Å²) in [5.41, 5.74) is 2.30. The minimum absolute atomic E-state index is 0.551. The number of ether oxygens (including phenoxy) is 2. The molecule has 3 aromatic rings. The molecule has 0 heterocycles. The molecule has 0 amide bonds. The molecule has 0 aliphatic heterocycles. The average Bonchev–Trinajstić information content (AvgIpc) is 2.63. The molecule has 0 atom stereocenters. The molecule has 0 unspecified atom stereocenters. The molecule has 3 aromatic carbocycles. The lowest BCUT2D eigenvalue weighted by molar-refractivity contribution is 0.284. The van der Waals surface area contributed by atoms with Gasteiger partial charge in [0, 0.05) is 0 Å². The first-order valence-electron chi connectivity index (χ1n) is 7.55. The van der Waals surface area contributed by atoms with Crippen LogP contribution >= 0.6 is 45.2 Å². The number of hydrogen-bond donors (Lipinski definition) is 0. The predicted octanol–water partition coefficient (Wildman–Crippen LogP) is 6.05. The molecule has 0 aliphatic rings. The molecule has 24 heavy (non-hydrogen) atoms. The van der Waals surface area contributed by atoms with E-state index in [-0.39, 0.29) is 0 Å². The second-order valence-electron chi connectivity index (χ2n) is 5.24. The zero-order valence-corrected chi connectivity index (χ0v) is 17.2. The summed E-state index contributed by atoms with van der Waals surface area (Å²) in [6.45, 7) is 1.10. The highest BCUT2D eigenvalue weighted by molar-refractivity contribution is 14.1. The minimum atomic E-state index is 0.551. The van der Waals surface area contributed by atoms with Gasteiger partial charge in [0.2, 0.25) is 0 Å². The first-order valence-corrected chi connectivity index (χ1v) is 9.71. The Morgan fingerprint density at radius 1 is 0.625 bits per heavy atom. The minimum Gasteiger partial charge on any atom is -0.488 e. The zero-order chi connectivity index (χ0) is 16.8. The van der Waals surface area contributed by atoms with Crippen molar-refractivity contribution in [1.82, 2.24) is 0 Å². The summed E-state index contributed by atoms with van der Waals surface area (Å²) in [5.74, 6) is 1.73. The van der Waals surface area contributed by atoms with Crippen LogP contribution in [0.15, 0.2) is 72.8 Å². The molecule has 0 spiro atoms. The SMILES string of the molecule is Ic1ccc(OCc2ccccc2)c(I)c1OCc1ccccc1. The Labute approximate surface area is 169 Å². The smallest absolute Gasteiger partial charge is 0.150 e. The van der Waals surface area contributed by atoms with E-state index in [0.717, 1.165) is 29.8 Å². The number of benzene rings is 3. The highest BCUT2D eigenvalue weighted by atomic mass is 127. The Kier molecular flexibility index (Phi) is 6.37. The van der Waals surface area contributed by atoms with E-state index >= 15 is 0 Å². The van der Waals surface area contributed by atoms with Crippen LogP contribution in [0.25, 0.3) is 0 Å². The quantitative estimate of drug-likeness (QED) is 0.353. The van der Waals surface area contributed by atoms with Gasteiger partial charge in [0.1, 0.15) is 24.7 Å². The molecule has 0 radical (unpaired) electrons. The van der Waals surface area contributed by atoms with Crippen molar-refractivity contribution in [2.45, 2.75) is 13.2 Å². The van der Waals surface area contributed by atoms with Crippen molar-refractivity contribution in [3.8, 4) is 11.5 Å². The van der Waals surface area contributed by atoms with Gasteiger partial charge in [-0.15, -0.1) is 0 Å². The van der Waals surface area contributed by atoms with Crippen molar-refractivity contribution in [3.63, 3.8) is 0 Å². The van der Waals surface area contributed by atoms with E-state index in [0.29, 0.717) is 13.2 Å². The van der Waals surface area contributed by atoms with Crippen LogP contribution < -0.4 is 9.47 Å². The van der Waals surface area contributed by atoms with Crippen LogP contribution in [0.3, 0.4) is 0 Å². The Morgan fingerprint density at radius 3 is 1.75 bits per heavy atom. The monoisotopic (exact) mass is 542 g/mol. The second kappa shape index (κ2) is 8.71. The largest absolute Gasteiger partial charge is 0.488 e. The highest BCUT2D eigenvalue weighted by Crippen LogP contribution is 2.35. The summed E-state index contributed by atoms with van der Waals surface area (Å²) in [6.07, 6.45) is 0. The Balaban J connectivity index is 1.72.